The summed E-state index contributed by atoms with van der Waals surface area (Å²) in [4.78, 5) is 30.6. The number of fused-ring (bicyclic) bond motifs is 3. The van der Waals surface area contributed by atoms with Crippen molar-refractivity contribution in [2.24, 2.45) is 0 Å². The second kappa shape index (κ2) is 12.1. The largest absolute Gasteiger partial charge is 0.494 e. The van der Waals surface area contributed by atoms with Crippen molar-refractivity contribution in [3.8, 4) is 17.0 Å². The number of anilines is 1. The molecular weight excluding hydrogens is 585 g/mol. The number of carbonyl (C=O) groups excluding carboxylic acids is 2. The van der Waals surface area contributed by atoms with Gasteiger partial charge in [-0.1, -0.05) is 31.2 Å². The Labute approximate surface area is 256 Å². The van der Waals surface area contributed by atoms with E-state index in [0.717, 1.165) is 30.7 Å². The Kier molecular flexibility index (Phi) is 8.09. The highest BCUT2D eigenvalue weighted by atomic mass is 19.4. The summed E-state index contributed by atoms with van der Waals surface area (Å²) < 4.78 is 46.4. The van der Waals surface area contributed by atoms with Gasteiger partial charge in [-0.05, 0) is 73.2 Å². The molecule has 0 saturated heterocycles. The third kappa shape index (κ3) is 6.02. The SMILES string of the molecule is CCC(=O)Nc1c(CCc2ccc(C(F)(F)F)cc2)nc2c3n(c(O)c2c1-c1ccc(C(=O)NCc2ccco2)cc1)CCC3. The lowest BCUT2D eigenvalue weighted by molar-refractivity contribution is -0.137. The molecule has 0 bridgehead atoms. The third-order valence-electron chi connectivity index (χ3n) is 8.10. The summed E-state index contributed by atoms with van der Waals surface area (Å²) in [6.45, 7) is 2.59. The lowest BCUT2D eigenvalue weighted by atomic mass is 9.95. The molecule has 0 atom stereocenters. The van der Waals surface area contributed by atoms with Crippen molar-refractivity contribution >= 4 is 28.4 Å². The third-order valence-corrected chi connectivity index (χ3v) is 8.10. The number of furan rings is 1. The van der Waals surface area contributed by atoms with Gasteiger partial charge in [0.05, 0.1) is 40.7 Å². The summed E-state index contributed by atoms with van der Waals surface area (Å²) in [5.74, 6) is 0.131. The Morgan fingerprint density at radius 2 is 1.80 bits per heavy atom. The first-order valence-electron chi connectivity index (χ1n) is 14.8. The molecule has 0 unspecified atom stereocenters. The number of pyridine rings is 1. The molecule has 0 radical (unpaired) electrons. The number of hydrogen-bond donors (Lipinski definition) is 3. The number of benzene rings is 2. The van der Waals surface area contributed by atoms with Gasteiger partial charge < -0.3 is 24.7 Å². The Morgan fingerprint density at radius 3 is 2.47 bits per heavy atom. The van der Waals surface area contributed by atoms with E-state index in [4.69, 9.17) is 9.40 Å². The zero-order chi connectivity index (χ0) is 31.7. The van der Waals surface area contributed by atoms with Gasteiger partial charge in [0, 0.05) is 29.8 Å². The highest BCUT2D eigenvalue weighted by Gasteiger charge is 2.31. The minimum absolute atomic E-state index is 0.0570. The molecule has 11 heteroatoms. The maximum atomic E-state index is 13.1. The molecule has 1 aliphatic heterocycles. The molecule has 2 amide bonds. The van der Waals surface area contributed by atoms with Crippen LogP contribution in [0, 0.1) is 0 Å². The van der Waals surface area contributed by atoms with E-state index in [2.05, 4.69) is 10.6 Å². The standard InChI is InChI=1S/C34H31F3N4O4/c1-2-27(42)40-30-25(16-9-20-7-14-23(15-8-20)34(35,36)37)39-31-26-6-3-17-41(26)33(44)29(31)28(30)21-10-12-22(13-11-21)32(43)38-19-24-5-4-18-45-24/h4-5,7-8,10-15,18,44H,2-3,6,9,16-17,19H2,1H3,(H,38,43)(H,40,42). The van der Waals surface area contributed by atoms with E-state index >= 15 is 0 Å². The number of hydrogen-bond acceptors (Lipinski definition) is 5. The van der Waals surface area contributed by atoms with Crippen molar-refractivity contribution < 1.29 is 32.3 Å². The molecule has 4 heterocycles. The number of aromatic nitrogens is 2. The lowest BCUT2D eigenvalue weighted by Gasteiger charge is -2.18. The number of nitrogens with one attached hydrogen (secondary N) is 2. The van der Waals surface area contributed by atoms with Crippen LogP contribution in [-0.2, 0) is 43.3 Å². The average molecular weight is 617 g/mol. The molecule has 0 spiro atoms. The smallest absolute Gasteiger partial charge is 0.416 e. The summed E-state index contributed by atoms with van der Waals surface area (Å²) in [6, 6.07) is 15.4. The maximum absolute atomic E-state index is 13.1. The highest BCUT2D eigenvalue weighted by Crippen LogP contribution is 2.45. The minimum Gasteiger partial charge on any atom is -0.494 e. The molecule has 3 aromatic heterocycles. The van der Waals surface area contributed by atoms with Crippen LogP contribution in [0.4, 0.5) is 18.9 Å². The molecule has 45 heavy (non-hydrogen) atoms. The molecule has 232 valence electrons. The first-order chi connectivity index (χ1) is 21.6. The molecule has 6 rings (SSSR count). The van der Waals surface area contributed by atoms with Crippen LogP contribution in [0.2, 0.25) is 0 Å². The Bertz CT molecular complexity index is 1860. The van der Waals surface area contributed by atoms with Gasteiger partial charge in [-0.3, -0.25) is 9.59 Å². The van der Waals surface area contributed by atoms with Crippen molar-refractivity contribution in [3.63, 3.8) is 0 Å². The van der Waals surface area contributed by atoms with Crippen molar-refractivity contribution in [2.75, 3.05) is 5.32 Å². The number of amides is 2. The number of aryl methyl sites for hydroxylation is 3. The number of alkyl halides is 3. The first kappa shape index (κ1) is 30.0. The lowest BCUT2D eigenvalue weighted by Crippen LogP contribution is -2.22. The quantitative estimate of drug-likeness (QED) is 0.165. The van der Waals surface area contributed by atoms with Crippen LogP contribution in [0.25, 0.3) is 22.0 Å². The average Bonchev–Trinajstić information content (AvgIpc) is 3.79. The van der Waals surface area contributed by atoms with Crippen LogP contribution < -0.4 is 10.6 Å². The first-order valence-corrected chi connectivity index (χ1v) is 14.8. The van der Waals surface area contributed by atoms with Crippen LogP contribution in [0.5, 0.6) is 5.88 Å². The highest BCUT2D eigenvalue weighted by molar-refractivity contribution is 6.09. The molecular formula is C34H31F3N4O4. The second-order valence-corrected chi connectivity index (χ2v) is 11.0. The second-order valence-electron chi connectivity index (χ2n) is 11.0. The van der Waals surface area contributed by atoms with Gasteiger partial charge in [0.2, 0.25) is 11.8 Å². The van der Waals surface area contributed by atoms with Gasteiger partial charge >= 0.3 is 6.18 Å². The normalized spacial score (nSPS) is 12.8. The van der Waals surface area contributed by atoms with Crippen molar-refractivity contribution in [2.45, 2.75) is 58.3 Å². The molecule has 0 saturated carbocycles. The van der Waals surface area contributed by atoms with Gasteiger partial charge in [-0.2, -0.15) is 13.2 Å². The van der Waals surface area contributed by atoms with E-state index in [0.29, 0.717) is 69.7 Å². The van der Waals surface area contributed by atoms with Crippen LogP contribution in [0.3, 0.4) is 0 Å². The molecule has 2 aromatic carbocycles. The molecule has 3 N–H and O–H groups in total. The Balaban J connectivity index is 1.41. The van der Waals surface area contributed by atoms with Gasteiger partial charge in [-0.25, -0.2) is 4.98 Å². The topological polar surface area (TPSA) is 109 Å². The fourth-order valence-electron chi connectivity index (χ4n) is 5.78. The van der Waals surface area contributed by atoms with E-state index in [1.165, 1.54) is 18.4 Å². The molecule has 1 aliphatic rings. The van der Waals surface area contributed by atoms with Crippen LogP contribution in [0.1, 0.15) is 58.4 Å². The van der Waals surface area contributed by atoms with Crippen LogP contribution in [-0.4, -0.2) is 26.5 Å². The zero-order valence-corrected chi connectivity index (χ0v) is 24.5. The Hall–Kier alpha value is -5.06. The van der Waals surface area contributed by atoms with Crippen LogP contribution >= 0.6 is 0 Å². The molecule has 8 nitrogen and oxygen atoms in total. The molecule has 5 aromatic rings. The number of rotatable bonds is 9. The summed E-state index contributed by atoms with van der Waals surface area (Å²) in [5, 5.41) is 17.7. The number of carbonyl (C=O) groups is 2. The maximum Gasteiger partial charge on any atom is 0.416 e. The predicted octanol–water partition coefficient (Wildman–Crippen LogP) is 7.03. The van der Waals surface area contributed by atoms with Gasteiger partial charge in [0.15, 0.2) is 0 Å². The number of aromatic hydroxyl groups is 1. The Morgan fingerprint density at radius 1 is 1.04 bits per heavy atom. The fourth-order valence-corrected chi connectivity index (χ4v) is 5.78. The predicted molar refractivity (Wildman–Crippen MR) is 163 cm³/mol. The van der Waals surface area contributed by atoms with Crippen molar-refractivity contribution in [1.82, 2.24) is 14.9 Å². The van der Waals surface area contributed by atoms with Gasteiger partial charge in [0.25, 0.3) is 5.91 Å². The van der Waals surface area contributed by atoms with E-state index < -0.39 is 11.7 Å². The van der Waals surface area contributed by atoms with E-state index in [-0.39, 0.29) is 30.7 Å². The summed E-state index contributed by atoms with van der Waals surface area (Å²) in [6.07, 6.45) is -0.419. The van der Waals surface area contributed by atoms with E-state index in [1.54, 1.807) is 43.3 Å². The monoisotopic (exact) mass is 616 g/mol. The molecule has 0 aliphatic carbocycles. The van der Waals surface area contributed by atoms with Gasteiger partial charge in [0.1, 0.15) is 5.76 Å². The van der Waals surface area contributed by atoms with Gasteiger partial charge in [-0.15, -0.1) is 0 Å². The summed E-state index contributed by atoms with van der Waals surface area (Å²) >= 11 is 0. The summed E-state index contributed by atoms with van der Waals surface area (Å²) in [7, 11) is 0. The van der Waals surface area contributed by atoms with E-state index in [9.17, 15) is 27.9 Å². The summed E-state index contributed by atoms with van der Waals surface area (Å²) in [5.41, 5.74) is 4.12. The van der Waals surface area contributed by atoms with Crippen molar-refractivity contribution in [1.29, 1.82) is 0 Å². The van der Waals surface area contributed by atoms with Crippen molar-refractivity contribution in [3.05, 3.63) is 101 Å². The fraction of sp³-hybridized carbons (Fsp3) is 0.265. The zero-order valence-electron chi connectivity index (χ0n) is 24.5. The number of halogens is 3. The minimum atomic E-state index is -4.43. The van der Waals surface area contributed by atoms with E-state index in [1.807, 2.05) is 4.57 Å². The number of nitrogens with zero attached hydrogens (tertiary/aromatic N) is 2. The molecule has 0 fully saturated rings. The van der Waals surface area contributed by atoms with Crippen LogP contribution in [0.15, 0.2) is 71.3 Å².